The number of nitrogens with two attached hydrogens (primary N) is 1. The van der Waals surface area contributed by atoms with Crippen LogP contribution >= 0.6 is 0 Å². The summed E-state index contributed by atoms with van der Waals surface area (Å²) in [5.74, 6) is -0.248. The maximum atomic E-state index is 13.4. The third-order valence-electron chi connectivity index (χ3n) is 5.22. The zero-order valence-corrected chi connectivity index (χ0v) is 18.4. The number of anilines is 1. The highest BCUT2D eigenvalue weighted by molar-refractivity contribution is 6.04. The molecule has 0 saturated heterocycles. The Morgan fingerprint density at radius 2 is 1.91 bits per heavy atom. The molecule has 1 aliphatic heterocycles. The maximum Gasteiger partial charge on any atom is 0.257 e. The van der Waals surface area contributed by atoms with Crippen LogP contribution < -0.4 is 20.5 Å². The van der Waals surface area contributed by atoms with Crippen molar-refractivity contribution in [3.8, 4) is 22.6 Å². The Balaban J connectivity index is 1.51. The van der Waals surface area contributed by atoms with Gasteiger partial charge in [-0.15, -0.1) is 0 Å². The second-order valence-electron chi connectivity index (χ2n) is 8.49. The number of halogens is 2. The van der Waals surface area contributed by atoms with Crippen LogP contribution in [0.2, 0.25) is 0 Å². The van der Waals surface area contributed by atoms with E-state index in [2.05, 4.69) is 24.1 Å². The molecule has 172 valence electrons. The molecular weight excluding hydrogens is 428 g/mol. The van der Waals surface area contributed by atoms with Gasteiger partial charge < -0.3 is 20.5 Å². The fourth-order valence-electron chi connectivity index (χ4n) is 3.76. The maximum absolute atomic E-state index is 13.4. The zero-order valence-electron chi connectivity index (χ0n) is 18.4. The standard InChI is InChI=1S/C25H25F2N3O3/c1-14(2)5-19(28)13-32-20-3-4-21-22-10-24(29-11-16(22)12-33-23(21)9-20)30-25(31)15-6-17(26)8-18(27)7-15/h3-4,6-11,14,19H,5,12-13,28H2,1-2H3,(H,29,30,31)/t19-/m0/s1. The predicted molar refractivity (Wildman–Crippen MR) is 121 cm³/mol. The molecule has 1 aromatic heterocycles. The van der Waals surface area contributed by atoms with E-state index in [4.69, 9.17) is 15.2 Å². The molecule has 2 aromatic carbocycles. The molecule has 3 aromatic rings. The fourth-order valence-corrected chi connectivity index (χ4v) is 3.76. The van der Waals surface area contributed by atoms with Crippen molar-refractivity contribution in [2.75, 3.05) is 11.9 Å². The van der Waals surface area contributed by atoms with Crippen LogP contribution in [0, 0.1) is 17.6 Å². The van der Waals surface area contributed by atoms with Crippen molar-refractivity contribution in [2.24, 2.45) is 11.7 Å². The summed E-state index contributed by atoms with van der Waals surface area (Å²) >= 11 is 0. The number of benzene rings is 2. The second-order valence-corrected chi connectivity index (χ2v) is 8.49. The van der Waals surface area contributed by atoms with Crippen molar-refractivity contribution >= 4 is 11.7 Å². The monoisotopic (exact) mass is 453 g/mol. The lowest BCUT2D eigenvalue weighted by Gasteiger charge is -2.22. The van der Waals surface area contributed by atoms with Crippen LogP contribution in [0.1, 0.15) is 36.2 Å². The van der Waals surface area contributed by atoms with E-state index in [-0.39, 0.29) is 17.4 Å². The first-order valence-electron chi connectivity index (χ1n) is 10.7. The van der Waals surface area contributed by atoms with E-state index >= 15 is 0 Å². The number of aromatic nitrogens is 1. The summed E-state index contributed by atoms with van der Waals surface area (Å²) in [6, 6.07) is 9.84. The van der Waals surface area contributed by atoms with Crippen LogP contribution in [0.15, 0.2) is 48.7 Å². The van der Waals surface area contributed by atoms with Gasteiger partial charge in [-0.05, 0) is 48.2 Å². The van der Waals surface area contributed by atoms with Crippen LogP contribution in [0.25, 0.3) is 11.1 Å². The second kappa shape index (κ2) is 9.54. The fraction of sp³-hybridized carbons (Fsp3) is 0.280. The minimum atomic E-state index is -0.826. The molecular formula is C25H25F2N3O3. The van der Waals surface area contributed by atoms with E-state index < -0.39 is 17.5 Å². The summed E-state index contributed by atoms with van der Waals surface area (Å²) in [6.45, 7) is 4.96. The number of hydrogen-bond donors (Lipinski definition) is 2. The predicted octanol–water partition coefficient (Wildman–Crippen LogP) is 4.92. The van der Waals surface area contributed by atoms with Gasteiger partial charge in [-0.3, -0.25) is 4.79 Å². The smallest absolute Gasteiger partial charge is 0.257 e. The van der Waals surface area contributed by atoms with Gasteiger partial charge in [0, 0.05) is 41.1 Å². The van der Waals surface area contributed by atoms with Crippen LogP contribution in [0.3, 0.4) is 0 Å². The molecule has 4 rings (SSSR count). The summed E-state index contributed by atoms with van der Waals surface area (Å²) in [5.41, 5.74) is 8.49. The van der Waals surface area contributed by atoms with Crippen molar-refractivity contribution in [3.63, 3.8) is 0 Å². The Bertz CT molecular complexity index is 1160. The quantitative estimate of drug-likeness (QED) is 0.530. The highest BCUT2D eigenvalue weighted by atomic mass is 19.1. The largest absolute Gasteiger partial charge is 0.492 e. The Labute approximate surface area is 190 Å². The first-order chi connectivity index (χ1) is 15.8. The van der Waals surface area contributed by atoms with E-state index in [1.54, 1.807) is 12.3 Å². The number of hydrogen-bond acceptors (Lipinski definition) is 5. The van der Waals surface area contributed by atoms with Crippen molar-refractivity contribution < 1.29 is 23.0 Å². The Hall–Kier alpha value is -3.52. The summed E-state index contributed by atoms with van der Waals surface area (Å²) in [4.78, 5) is 16.7. The molecule has 6 nitrogen and oxygen atoms in total. The lowest BCUT2D eigenvalue weighted by Crippen LogP contribution is -2.29. The normalized spacial score (nSPS) is 13.0. The number of ether oxygens (including phenoxy) is 2. The molecule has 0 bridgehead atoms. The van der Waals surface area contributed by atoms with E-state index in [0.717, 1.165) is 35.2 Å². The summed E-state index contributed by atoms with van der Waals surface area (Å²) < 4.78 is 38.6. The summed E-state index contributed by atoms with van der Waals surface area (Å²) in [5, 5.41) is 2.59. The molecule has 0 saturated carbocycles. The molecule has 1 aliphatic rings. The molecule has 0 fully saturated rings. The van der Waals surface area contributed by atoms with Crippen molar-refractivity contribution in [2.45, 2.75) is 32.9 Å². The summed E-state index contributed by atoms with van der Waals surface area (Å²) in [7, 11) is 0. The third kappa shape index (κ3) is 5.46. The number of carbonyl (C=O) groups is 1. The Kier molecular flexibility index (Phi) is 6.55. The number of nitrogens with one attached hydrogen (secondary N) is 1. The SMILES string of the molecule is CC(C)C[C@H](N)COc1ccc2c(c1)OCc1cnc(NC(=O)c3cc(F)cc(F)c3)cc1-2. The van der Waals surface area contributed by atoms with Gasteiger partial charge in [-0.25, -0.2) is 13.8 Å². The van der Waals surface area contributed by atoms with Gasteiger partial charge in [0.1, 0.15) is 42.2 Å². The van der Waals surface area contributed by atoms with Gasteiger partial charge in [0.25, 0.3) is 5.91 Å². The molecule has 0 unspecified atom stereocenters. The lowest BCUT2D eigenvalue weighted by molar-refractivity contribution is 0.102. The van der Waals surface area contributed by atoms with Crippen LogP contribution in [0.5, 0.6) is 11.5 Å². The van der Waals surface area contributed by atoms with E-state index in [0.29, 0.717) is 36.7 Å². The minimum absolute atomic E-state index is 0.0496. The summed E-state index contributed by atoms with van der Waals surface area (Å²) in [6.07, 6.45) is 2.48. The van der Waals surface area contributed by atoms with Crippen LogP contribution in [-0.2, 0) is 6.61 Å². The molecule has 0 aliphatic carbocycles. The molecule has 0 radical (unpaired) electrons. The highest BCUT2D eigenvalue weighted by Gasteiger charge is 2.20. The van der Waals surface area contributed by atoms with Gasteiger partial charge >= 0.3 is 0 Å². The van der Waals surface area contributed by atoms with Gasteiger partial charge in [0.15, 0.2) is 0 Å². The third-order valence-corrected chi connectivity index (χ3v) is 5.22. The minimum Gasteiger partial charge on any atom is -0.492 e. The number of rotatable bonds is 7. The Morgan fingerprint density at radius 1 is 1.15 bits per heavy atom. The topological polar surface area (TPSA) is 86.5 Å². The van der Waals surface area contributed by atoms with Gasteiger partial charge in [0.05, 0.1) is 0 Å². The van der Waals surface area contributed by atoms with Crippen LogP contribution in [0.4, 0.5) is 14.6 Å². The van der Waals surface area contributed by atoms with Gasteiger partial charge in [0.2, 0.25) is 0 Å². The molecule has 0 spiro atoms. The number of fused-ring (bicyclic) bond motifs is 3. The molecule has 1 amide bonds. The number of pyridine rings is 1. The van der Waals surface area contributed by atoms with Gasteiger partial charge in [-0.2, -0.15) is 0 Å². The van der Waals surface area contributed by atoms with Crippen molar-refractivity contribution in [1.29, 1.82) is 0 Å². The molecule has 33 heavy (non-hydrogen) atoms. The highest BCUT2D eigenvalue weighted by Crippen LogP contribution is 2.40. The van der Waals surface area contributed by atoms with Gasteiger partial charge in [-0.1, -0.05) is 13.8 Å². The van der Waals surface area contributed by atoms with Crippen molar-refractivity contribution in [3.05, 3.63) is 71.4 Å². The average molecular weight is 453 g/mol. The van der Waals surface area contributed by atoms with E-state index in [9.17, 15) is 13.6 Å². The lowest BCUT2D eigenvalue weighted by atomic mass is 9.98. The zero-order chi connectivity index (χ0) is 23.5. The van der Waals surface area contributed by atoms with E-state index in [1.165, 1.54) is 0 Å². The average Bonchev–Trinajstić information content (AvgIpc) is 2.76. The molecule has 2 heterocycles. The first-order valence-corrected chi connectivity index (χ1v) is 10.7. The molecule has 3 N–H and O–H groups in total. The van der Waals surface area contributed by atoms with Crippen LogP contribution in [-0.4, -0.2) is 23.5 Å². The number of amides is 1. The molecule has 1 atom stereocenters. The number of nitrogens with zero attached hydrogens (tertiary/aromatic N) is 1. The van der Waals surface area contributed by atoms with E-state index in [1.807, 2.05) is 18.2 Å². The first kappa shape index (κ1) is 22.7. The van der Waals surface area contributed by atoms with Crippen molar-refractivity contribution in [1.82, 2.24) is 4.98 Å². The Morgan fingerprint density at radius 3 is 2.64 bits per heavy atom. The molecule has 8 heteroatoms. The number of carbonyl (C=O) groups excluding carboxylic acids is 1.